The zero-order valence-electron chi connectivity index (χ0n) is 13.3. The minimum atomic E-state index is -0.479. The fourth-order valence-corrected chi connectivity index (χ4v) is 2.91. The standard InChI is InChI=1S/C17H16N4O2S/c1-10-6-13(14-15(22)19-17(24)20-16(14)23)7-11(2)21(10)9-12-4-3-5-18-8-12/h3-8H,9H2,1-2H3,(H2,19,20,22,23,24). The first-order valence-corrected chi connectivity index (χ1v) is 7.80. The molecule has 2 amide bonds. The van der Waals surface area contributed by atoms with Crippen LogP contribution in [0.4, 0.5) is 0 Å². The van der Waals surface area contributed by atoms with E-state index in [0.717, 1.165) is 17.0 Å². The molecule has 7 heteroatoms. The largest absolute Gasteiger partial charge is 0.345 e. The van der Waals surface area contributed by atoms with Crippen molar-refractivity contribution in [3.63, 3.8) is 0 Å². The summed E-state index contributed by atoms with van der Waals surface area (Å²) in [5.41, 5.74) is 3.60. The minimum absolute atomic E-state index is 0.0322. The number of rotatable bonds is 2. The van der Waals surface area contributed by atoms with Crippen LogP contribution >= 0.6 is 12.2 Å². The summed E-state index contributed by atoms with van der Waals surface area (Å²) in [5.74, 6) is -0.958. The van der Waals surface area contributed by atoms with Crippen LogP contribution in [0.25, 0.3) is 0 Å². The monoisotopic (exact) mass is 340 g/mol. The third kappa shape index (κ3) is 3.11. The Kier molecular flexibility index (Phi) is 4.26. The van der Waals surface area contributed by atoms with E-state index in [1.54, 1.807) is 6.20 Å². The highest BCUT2D eigenvalue weighted by atomic mass is 32.1. The summed E-state index contributed by atoms with van der Waals surface area (Å²) in [6, 6.07) is 3.90. The number of pyridine rings is 1. The number of carbonyl (C=O) groups is 2. The summed E-state index contributed by atoms with van der Waals surface area (Å²) in [7, 11) is 0. The minimum Gasteiger partial charge on any atom is -0.345 e. The first kappa shape index (κ1) is 16.1. The van der Waals surface area contributed by atoms with Gasteiger partial charge in [-0.3, -0.25) is 25.2 Å². The van der Waals surface area contributed by atoms with Crippen molar-refractivity contribution in [1.29, 1.82) is 0 Å². The SMILES string of the molecule is CC1=CC(=C2C(=O)NC(=S)NC2=O)C=C(C)N1Cc1cccnc1. The van der Waals surface area contributed by atoms with Gasteiger partial charge in [-0.2, -0.15) is 0 Å². The fourth-order valence-electron chi connectivity index (χ4n) is 2.72. The molecule has 2 aliphatic rings. The molecule has 1 saturated heterocycles. The molecule has 0 spiro atoms. The van der Waals surface area contributed by atoms with E-state index < -0.39 is 11.8 Å². The number of carbonyl (C=O) groups excluding carboxylic acids is 2. The number of hydrogen-bond donors (Lipinski definition) is 2. The van der Waals surface area contributed by atoms with E-state index in [4.69, 9.17) is 12.2 Å². The number of amides is 2. The quantitative estimate of drug-likeness (QED) is 0.485. The van der Waals surface area contributed by atoms with E-state index in [1.807, 2.05) is 44.3 Å². The van der Waals surface area contributed by atoms with Crippen LogP contribution in [-0.2, 0) is 16.1 Å². The highest BCUT2D eigenvalue weighted by Gasteiger charge is 2.29. The predicted octanol–water partition coefficient (Wildman–Crippen LogP) is 1.53. The molecular weight excluding hydrogens is 324 g/mol. The fraction of sp³-hybridized carbons (Fsp3) is 0.176. The van der Waals surface area contributed by atoms with Crippen LogP contribution in [0.5, 0.6) is 0 Å². The Morgan fingerprint density at radius 3 is 2.29 bits per heavy atom. The molecule has 0 radical (unpaired) electrons. The lowest BCUT2D eigenvalue weighted by Crippen LogP contribution is -2.51. The molecule has 3 rings (SSSR count). The van der Waals surface area contributed by atoms with Crippen LogP contribution in [-0.4, -0.2) is 26.8 Å². The molecule has 1 aromatic heterocycles. The van der Waals surface area contributed by atoms with Crippen molar-refractivity contribution in [2.45, 2.75) is 20.4 Å². The second-order valence-electron chi connectivity index (χ2n) is 5.59. The maximum atomic E-state index is 12.1. The van der Waals surface area contributed by atoms with Gasteiger partial charge in [0.15, 0.2) is 5.11 Å². The van der Waals surface area contributed by atoms with Crippen molar-refractivity contribution in [3.05, 3.63) is 64.8 Å². The lowest BCUT2D eigenvalue weighted by Gasteiger charge is -2.30. The van der Waals surface area contributed by atoms with Gasteiger partial charge in [0.1, 0.15) is 5.57 Å². The summed E-state index contributed by atoms with van der Waals surface area (Å²) in [6.45, 7) is 4.55. The Labute approximate surface area is 144 Å². The van der Waals surface area contributed by atoms with Crippen LogP contribution in [0, 0.1) is 0 Å². The molecule has 1 aromatic rings. The van der Waals surface area contributed by atoms with Crippen molar-refractivity contribution >= 4 is 29.1 Å². The van der Waals surface area contributed by atoms with Crippen molar-refractivity contribution in [1.82, 2.24) is 20.5 Å². The van der Waals surface area contributed by atoms with E-state index in [0.29, 0.717) is 12.1 Å². The number of nitrogens with zero attached hydrogens (tertiary/aromatic N) is 2. The molecule has 1 fully saturated rings. The molecule has 0 unspecified atom stereocenters. The number of aromatic nitrogens is 1. The molecule has 0 saturated carbocycles. The Bertz CT molecular complexity index is 780. The Hall–Kier alpha value is -2.80. The molecule has 122 valence electrons. The summed E-state index contributed by atoms with van der Waals surface area (Å²) < 4.78 is 0. The molecule has 2 N–H and O–H groups in total. The van der Waals surface area contributed by atoms with Crippen LogP contribution in [0.2, 0.25) is 0 Å². The van der Waals surface area contributed by atoms with Crippen LogP contribution in [0.1, 0.15) is 19.4 Å². The predicted molar refractivity (Wildman–Crippen MR) is 93.2 cm³/mol. The molecule has 3 heterocycles. The van der Waals surface area contributed by atoms with Gasteiger partial charge in [-0.15, -0.1) is 0 Å². The first-order chi connectivity index (χ1) is 11.5. The average Bonchev–Trinajstić information content (AvgIpc) is 2.51. The van der Waals surface area contributed by atoms with Gasteiger partial charge in [0, 0.05) is 30.3 Å². The van der Waals surface area contributed by atoms with Gasteiger partial charge < -0.3 is 4.90 Å². The second-order valence-corrected chi connectivity index (χ2v) is 5.99. The molecule has 6 nitrogen and oxygen atoms in total. The maximum absolute atomic E-state index is 12.1. The zero-order valence-corrected chi connectivity index (χ0v) is 14.1. The molecule has 2 aliphatic heterocycles. The summed E-state index contributed by atoms with van der Waals surface area (Å²) in [6.07, 6.45) is 7.20. The average molecular weight is 340 g/mol. The normalized spacial score (nSPS) is 18.1. The van der Waals surface area contributed by atoms with Gasteiger partial charge in [-0.05, 0) is 55.4 Å². The van der Waals surface area contributed by atoms with Crippen LogP contribution in [0.15, 0.2) is 59.2 Å². The number of allylic oxidation sites excluding steroid dienone is 5. The van der Waals surface area contributed by atoms with E-state index in [9.17, 15) is 9.59 Å². The lowest BCUT2D eigenvalue weighted by molar-refractivity contribution is -0.123. The highest BCUT2D eigenvalue weighted by molar-refractivity contribution is 7.80. The molecule has 0 aromatic carbocycles. The molecule has 0 bridgehead atoms. The third-order valence-electron chi connectivity index (χ3n) is 3.84. The lowest BCUT2D eigenvalue weighted by atomic mass is 9.99. The first-order valence-electron chi connectivity index (χ1n) is 7.39. The summed E-state index contributed by atoms with van der Waals surface area (Å²) in [5, 5.41) is 4.95. The third-order valence-corrected chi connectivity index (χ3v) is 4.04. The van der Waals surface area contributed by atoms with Crippen molar-refractivity contribution in [3.8, 4) is 0 Å². The van der Waals surface area contributed by atoms with Crippen molar-refractivity contribution < 1.29 is 9.59 Å². The molecule has 0 atom stereocenters. The smallest absolute Gasteiger partial charge is 0.263 e. The van der Waals surface area contributed by atoms with Crippen molar-refractivity contribution in [2.75, 3.05) is 0 Å². The van der Waals surface area contributed by atoms with Gasteiger partial charge in [-0.25, -0.2) is 0 Å². The summed E-state index contributed by atoms with van der Waals surface area (Å²) in [4.78, 5) is 30.4. The maximum Gasteiger partial charge on any atom is 0.263 e. The Morgan fingerprint density at radius 2 is 1.75 bits per heavy atom. The van der Waals surface area contributed by atoms with E-state index >= 15 is 0 Å². The number of hydrogen-bond acceptors (Lipinski definition) is 5. The number of thiocarbonyl (C=S) groups is 1. The van der Waals surface area contributed by atoms with Gasteiger partial charge in [0.2, 0.25) is 0 Å². The Balaban J connectivity index is 1.93. The molecule has 24 heavy (non-hydrogen) atoms. The van der Waals surface area contributed by atoms with Crippen molar-refractivity contribution in [2.24, 2.45) is 0 Å². The van der Waals surface area contributed by atoms with E-state index in [2.05, 4.69) is 20.5 Å². The van der Waals surface area contributed by atoms with Gasteiger partial charge in [0.05, 0.1) is 0 Å². The highest BCUT2D eigenvalue weighted by Crippen LogP contribution is 2.27. The number of nitrogens with one attached hydrogen (secondary N) is 2. The van der Waals surface area contributed by atoms with E-state index in [-0.39, 0.29) is 10.7 Å². The summed E-state index contributed by atoms with van der Waals surface area (Å²) >= 11 is 4.82. The molecule has 0 aliphatic carbocycles. The van der Waals surface area contributed by atoms with Crippen LogP contribution in [0.3, 0.4) is 0 Å². The molecular formula is C17H16N4O2S. The van der Waals surface area contributed by atoms with E-state index in [1.165, 1.54) is 0 Å². The zero-order chi connectivity index (χ0) is 17.3. The van der Waals surface area contributed by atoms with Gasteiger partial charge >= 0.3 is 0 Å². The van der Waals surface area contributed by atoms with Gasteiger partial charge in [0.25, 0.3) is 11.8 Å². The van der Waals surface area contributed by atoms with Gasteiger partial charge in [-0.1, -0.05) is 6.07 Å². The van der Waals surface area contributed by atoms with Crippen LogP contribution < -0.4 is 10.6 Å². The Morgan fingerprint density at radius 1 is 1.12 bits per heavy atom. The topological polar surface area (TPSA) is 74.3 Å². The second kappa shape index (κ2) is 6.37.